The van der Waals surface area contributed by atoms with Crippen molar-refractivity contribution in [1.29, 1.82) is 0 Å². The van der Waals surface area contributed by atoms with Gasteiger partial charge in [0.15, 0.2) is 0 Å². The fourth-order valence-electron chi connectivity index (χ4n) is 2.71. The average Bonchev–Trinajstić information content (AvgIpc) is 2.68. The molecule has 5 heteroatoms. The normalized spacial score (nSPS) is 15.8. The molecule has 114 valence electrons. The van der Waals surface area contributed by atoms with E-state index in [4.69, 9.17) is 5.73 Å². The number of hydrogen-bond donors (Lipinski definition) is 1. The second kappa shape index (κ2) is 6.16. The summed E-state index contributed by atoms with van der Waals surface area (Å²) in [5.74, 6) is 0.0738. The molecule has 0 atom stereocenters. The monoisotopic (exact) mass is 289 g/mol. The predicted octanol–water partition coefficient (Wildman–Crippen LogP) is 1.58. The number of hydrogen-bond acceptors (Lipinski definition) is 3. The molecule has 5 nitrogen and oxygen atoms in total. The minimum Gasteiger partial charge on any atom is -0.398 e. The van der Waals surface area contributed by atoms with Crippen LogP contribution in [0.3, 0.4) is 0 Å². The summed E-state index contributed by atoms with van der Waals surface area (Å²) >= 11 is 0. The van der Waals surface area contributed by atoms with Crippen LogP contribution in [-0.4, -0.2) is 47.8 Å². The van der Waals surface area contributed by atoms with Crippen LogP contribution in [0.15, 0.2) is 12.1 Å². The highest BCUT2D eigenvalue weighted by Gasteiger charge is 2.22. The number of anilines is 1. The number of carbonyl (C=O) groups excluding carboxylic acids is 2. The van der Waals surface area contributed by atoms with E-state index in [9.17, 15) is 9.59 Å². The van der Waals surface area contributed by atoms with E-state index in [0.717, 1.165) is 17.5 Å². The van der Waals surface area contributed by atoms with E-state index in [0.29, 0.717) is 37.4 Å². The van der Waals surface area contributed by atoms with Gasteiger partial charge in [0.25, 0.3) is 5.91 Å². The van der Waals surface area contributed by atoms with Crippen LogP contribution in [0.4, 0.5) is 5.69 Å². The summed E-state index contributed by atoms with van der Waals surface area (Å²) in [7, 11) is 0. The summed E-state index contributed by atoms with van der Waals surface area (Å²) < 4.78 is 0. The van der Waals surface area contributed by atoms with Gasteiger partial charge in [-0.1, -0.05) is 6.07 Å². The number of rotatable bonds is 1. The van der Waals surface area contributed by atoms with Gasteiger partial charge in [0.2, 0.25) is 5.91 Å². The molecule has 2 amide bonds. The molecule has 1 aliphatic heterocycles. The van der Waals surface area contributed by atoms with E-state index in [1.807, 2.05) is 24.8 Å². The standard InChI is InChI=1S/C16H23N3O2/c1-11-9-12(2)15(17)10-14(11)16(21)19-6-4-5-18(7-8-19)13(3)20/h9-10H,4-8,17H2,1-3H3. The number of aryl methyl sites for hydroxylation is 2. The molecular weight excluding hydrogens is 266 g/mol. The van der Waals surface area contributed by atoms with Crippen LogP contribution >= 0.6 is 0 Å². The Balaban J connectivity index is 2.17. The molecule has 21 heavy (non-hydrogen) atoms. The Hall–Kier alpha value is -2.04. The Morgan fingerprint density at radius 3 is 2.29 bits per heavy atom. The minimum atomic E-state index is 0.00426. The fraction of sp³-hybridized carbons (Fsp3) is 0.500. The lowest BCUT2D eigenvalue weighted by Gasteiger charge is -2.22. The van der Waals surface area contributed by atoms with Crippen molar-refractivity contribution in [2.24, 2.45) is 0 Å². The van der Waals surface area contributed by atoms with Gasteiger partial charge < -0.3 is 15.5 Å². The third-order valence-electron chi connectivity index (χ3n) is 4.07. The molecule has 0 aromatic heterocycles. The highest BCUT2D eigenvalue weighted by atomic mass is 16.2. The summed E-state index contributed by atoms with van der Waals surface area (Å²) in [5, 5.41) is 0. The van der Waals surface area contributed by atoms with Gasteiger partial charge in [0.05, 0.1) is 0 Å². The van der Waals surface area contributed by atoms with Crippen LogP contribution in [0.5, 0.6) is 0 Å². The molecule has 0 radical (unpaired) electrons. The Bertz CT molecular complexity index is 569. The molecule has 1 aromatic rings. The third kappa shape index (κ3) is 3.35. The molecule has 0 bridgehead atoms. The maximum Gasteiger partial charge on any atom is 0.254 e. The van der Waals surface area contributed by atoms with Gasteiger partial charge in [-0.25, -0.2) is 0 Å². The molecule has 2 rings (SSSR count). The maximum absolute atomic E-state index is 12.7. The zero-order valence-corrected chi connectivity index (χ0v) is 13.0. The fourth-order valence-corrected chi connectivity index (χ4v) is 2.71. The molecule has 2 N–H and O–H groups in total. The zero-order chi connectivity index (χ0) is 15.6. The van der Waals surface area contributed by atoms with Crippen molar-refractivity contribution in [1.82, 2.24) is 9.80 Å². The van der Waals surface area contributed by atoms with Gasteiger partial charge in [-0.3, -0.25) is 9.59 Å². The number of nitrogen functional groups attached to an aromatic ring is 1. The van der Waals surface area contributed by atoms with Crippen molar-refractivity contribution in [3.05, 3.63) is 28.8 Å². The van der Waals surface area contributed by atoms with Crippen molar-refractivity contribution >= 4 is 17.5 Å². The van der Waals surface area contributed by atoms with E-state index in [-0.39, 0.29) is 11.8 Å². The lowest BCUT2D eigenvalue weighted by Crippen LogP contribution is -2.36. The lowest BCUT2D eigenvalue weighted by atomic mass is 10.0. The van der Waals surface area contributed by atoms with Crippen molar-refractivity contribution < 1.29 is 9.59 Å². The Labute approximate surface area is 125 Å². The Morgan fingerprint density at radius 1 is 1.00 bits per heavy atom. The van der Waals surface area contributed by atoms with E-state index in [2.05, 4.69) is 0 Å². The minimum absolute atomic E-state index is 0.00426. The number of benzene rings is 1. The smallest absolute Gasteiger partial charge is 0.254 e. The third-order valence-corrected chi connectivity index (χ3v) is 4.07. The van der Waals surface area contributed by atoms with Crippen molar-refractivity contribution in [3.63, 3.8) is 0 Å². The summed E-state index contributed by atoms with van der Waals surface area (Å²) in [6.07, 6.45) is 0.811. The highest BCUT2D eigenvalue weighted by molar-refractivity contribution is 5.96. The topological polar surface area (TPSA) is 66.6 Å². The van der Waals surface area contributed by atoms with Crippen LogP contribution < -0.4 is 5.73 Å². The van der Waals surface area contributed by atoms with Crippen LogP contribution in [0.2, 0.25) is 0 Å². The first-order valence-corrected chi connectivity index (χ1v) is 7.31. The van der Waals surface area contributed by atoms with Crippen LogP contribution in [0, 0.1) is 13.8 Å². The predicted molar refractivity (Wildman–Crippen MR) is 83.1 cm³/mol. The molecule has 1 aromatic carbocycles. The van der Waals surface area contributed by atoms with Crippen molar-refractivity contribution in [3.8, 4) is 0 Å². The molecule has 1 saturated heterocycles. The second-order valence-electron chi connectivity index (χ2n) is 5.68. The lowest BCUT2D eigenvalue weighted by molar-refractivity contribution is -0.128. The highest BCUT2D eigenvalue weighted by Crippen LogP contribution is 2.20. The molecule has 0 aliphatic carbocycles. The first-order chi connectivity index (χ1) is 9.90. The number of amides is 2. The number of carbonyl (C=O) groups is 2. The van der Waals surface area contributed by atoms with Gasteiger partial charge in [0.1, 0.15) is 0 Å². The summed E-state index contributed by atoms with van der Waals surface area (Å²) in [6.45, 7) is 8.01. The first kappa shape index (κ1) is 15.4. The van der Waals surface area contributed by atoms with Gasteiger partial charge in [-0.05, 0) is 37.5 Å². The van der Waals surface area contributed by atoms with Gasteiger partial charge in [-0.15, -0.1) is 0 Å². The van der Waals surface area contributed by atoms with E-state index in [1.165, 1.54) is 0 Å². The Morgan fingerprint density at radius 2 is 1.62 bits per heavy atom. The van der Waals surface area contributed by atoms with Crippen molar-refractivity contribution in [2.45, 2.75) is 27.2 Å². The average molecular weight is 289 g/mol. The molecular formula is C16H23N3O2. The molecule has 0 saturated carbocycles. The summed E-state index contributed by atoms with van der Waals surface area (Å²) in [5.41, 5.74) is 9.16. The molecule has 0 spiro atoms. The van der Waals surface area contributed by atoms with Crippen molar-refractivity contribution in [2.75, 3.05) is 31.9 Å². The van der Waals surface area contributed by atoms with Gasteiger partial charge >= 0.3 is 0 Å². The van der Waals surface area contributed by atoms with Crippen LogP contribution in [0.1, 0.15) is 34.8 Å². The van der Waals surface area contributed by atoms with Crippen LogP contribution in [0.25, 0.3) is 0 Å². The molecule has 0 unspecified atom stereocenters. The number of nitrogens with two attached hydrogens (primary N) is 1. The van der Waals surface area contributed by atoms with Gasteiger partial charge in [-0.2, -0.15) is 0 Å². The zero-order valence-electron chi connectivity index (χ0n) is 13.0. The first-order valence-electron chi connectivity index (χ1n) is 7.31. The largest absolute Gasteiger partial charge is 0.398 e. The quantitative estimate of drug-likeness (QED) is 0.798. The second-order valence-corrected chi connectivity index (χ2v) is 5.68. The van der Waals surface area contributed by atoms with Crippen LogP contribution in [-0.2, 0) is 4.79 Å². The molecule has 1 fully saturated rings. The van der Waals surface area contributed by atoms with E-state index >= 15 is 0 Å². The molecule has 1 heterocycles. The number of nitrogens with zero attached hydrogens (tertiary/aromatic N) is 2. The summed E-state index contributed by atoms with van der Waals surface area (Å²) in [4.78, 5) is 27.7. The van der Waals surface area contributed by atoms with Gasteiger partial charge in [0, 0.05) is 44.4 Å². The molecule has 1 aliphatic rings. The van der Waals surface area contributed by atoms with E-state index < -0.39 is 0 Å². The SMILES string of the molecule is CC(=O)N1CCCN(C(=O)c2cc(N)c(C)cc2C)CC1. The maximum atomic E-state index is 12.7. The summed E-state index contributed by atoms with van der Waals surface area (Å²) in [6, 6.07) is 3.71. The Kier molecular flexibility index (Phi) is 4.50. The van der Waals surface area contributed by atoms with E-state index in [1.54, 1.807) is 17.9 Å².